The minimum Gasteiger partial charge on any atom is -0.319 e. The Morgan fingerprint density at radius 2 is 1.77 bits per heavy atom. The van der Waals surface area contributed by atoms with Gasteiger partial charge in [-0.05, 0) is 25.1 Å². The zero-order valence-corrected chi connectivity index (χ0v) is 15.8. The van der Waals surface area contributed by atoms with Gasteiger partial charge in [-0.3, -0.25) is 39.6 Å². The van der Waals surface area contributed by atoms with Gasteiger partial charge in [0, 0.05) is 28.3 Å². The number of ketones is 2. The van der Waals surface area contributed by atoms with Gasteiger partial charge in [0.1, 0.15) is 5.69 Å². The highest BCUT2D eigenvalue weighted by molar-refractivity contribution is 6.42. The molecule has 2 aromatic carbocycles. The van der Waals surface area contributed by atoms with Crippen molar-refractivity contribution in [3.63, 3.8) is 0 Å². The van der Waals surface area contributed by atoms with Crippen LogP contribution in [0.2, 0.25) is 0 Å². The van der Waals surface area contributed by atoms with Gasteiger partial charge in [-0.2, -0.15) is 0 Å². The summed E-state index contributed by atoms with van der Waals surface area (Å²) in [7, 11) is 0. The molecule has 0 fully saturated rings. The van der Waals surface area contributed by atoms with E-state index in [4.69, 9.17) is 0 Å². The second kappa shape index (κ2) is 8.41. The summed E-state index contributed by atoms with van der Waals surface area (Å²) >= 11 is 0. The average molecular weight is 423 g/mol. The van der Waals surface area contributed by atoms with Crippen LogP contribution in [-0.4, -0.2) is 37.3 Å². The zero-order chi connectivity index (χ0) is 22.7. The van der Waals surface area contributed by atoms with Crippen molar-refractivity contribution in [1.82, 2.24) is 9.97 Å². The average Bonchev–Trinajstić information content (AvgIpc) is 2.73. The molecule has 0 aliphatic carbocycles. The highest BCUT2D eigenvalue weighted by Crippen LogP contribution is 2.22. The molecule has 0 aliphatic heterocycles. The Labute approximate surface area is 173 Å². The number of hydrogen-bond acceptors (Lipinski definition) is 9. The van der Waals surface area contributed by atoms with Crippen LogP contribution in [-0.2, 0) is 9.59 Å². The van der Waals surface area contributed by atoms with Crippen molar-refractivity contribution < 1.29 is 24.2 Å². The standard InChI is InChI=1S/C19H13N5O7/c1-10(25)11-3-2-4-12(7-11)21-19(27)18(26)17(24(30)31)16-9-20-14-6-5-13(23(28)29)8-15(14)22-16/h2-9,17H,1H3,(H,21,27)/t17-/m1/s1. The lowest BCUT2D eigenvalue weighted by Crippen LogP contribution is -2.33. The maximum absolute atomic E-state index is 12.5. The van der Waals surface area contributed by atoms with Crippen LogP contribution in [0.5, 0.6) is 0 Å². The van der Waals surface area contributed by atoms with Crippen molar-refractivity contribution in [2.75, 3.05) is 5.32 Å². The third-order valence-corrected chi connectivity index (χ3v) is 4.25. The van der Waals surface area contributed by atoms with Gasteiger partial charge in [0.2, 0.25) is 0 Å². The van der Waals surface area contributed by atoms with E-state index in [9.17, 15) is 34.6 Å². The summed E-state index contributed by atoms with van der Waals surface area (Å²) in [5.74, 6) is -2.98. The number of nitrogens with one attached hydrogen (secondary N) is 1. The number of anilines is 1. The van der Waals surface area contributed by atoms with Crippen molar-refractivity contribution in [3.8, 4) is 0 Å². The van der Waals surface area contributed by atoms with E-state index < -0.39 is 33.3 Å². The van der Waals surface area contributed by atoms with E-state index in [0.717, 1.165) is 12.3 Å². The van der Waals surface area contributed by atoms with E-state index in [0.29, 0.717) is 0 Å². The van der Waals surface area contributed by atoms with Crippen molar-refractivity contribution in [2.45, 2.75) is 13.0 Å². The van der Waals surface area contributed by atoms with Gasteiger partial charge in [0.25, 0.3) is 17.4 Å². The van der Waals surface area contributed by atoms with Crippen molar-refractivity contribution >= 4 is 39.9 Å². The van der Waals surface area contributed by atoms with Crippen LogP contribution in [0, 0.1) is 20.2 Å². The SMILES string of the molecule is CC(=O)c1cccc(NC(=O)C(=O)[C@@H](c2cnc3ccc([N+](=O)[O-])cc3n2)[N+](=O)[O-])c1. The molecule has 12 heteroatoms. The molecule has 1 amide bonds. The Bertz CT molecular complexity index is 1260. The number of nitro groups is 2. The number of amides is 1. The molecule has 0 saturated heterocycles. The molecule has 3 rings (SSSR count). The number of Topliss-reactive ketones (excluding diaryl/α,β-unsaturated/α-hetero) is 2. The molecule has 0 bridgehead atoms. The number of carbonyl (C=O) groups is 3. The number of hydrogen-bond donors (Lipinski definition) is 1. The van der Waals surface area contributed by atoms with E-state index in [1.54, 1.807) is 0 Å². The topological polar surface area (TPSA) is 175 Å². The fourth-order valence-electron chi connectivity index (χ4n) is 2.73. The molecule has 1 aromatic heterocycles. The Balaban J connectivity index is 1.92. The smallest absolute Gasteiger partial charge is 0.319 e. The maximum Gasteiger partial charge on any atom is 0.322 e. The van der Waals surface area contributed by atoms with Gasteiger partial charge in [0.05, 0.1) is 22.2 Å². The first kappa shape index (κ1) is 21.1. The first-order valence-electron chi connectivity index (χ1n) is 8.68. The first-order chi connectivity index (χ1) is 14.7. The van der Waals surface area contributed by atoms with Crippen LogP contribution in [0.3, 0.4) is 0 Å². The quantitative estimate of drug-likeness (QED) is 0.258. The van der Waals surface area contributed by atoms with Gasteiger partial charge in [-0.1, -0.05) is 12.1 Å². The number of rotatable bonds is 7. The molecule has 1 heterocycles. The van der Waals surface area contributed by atoms with E-state index in [-0.39, 0.29) is 33.8 Å². The predicted octanol–water partition coefficient (Wildman–Crippen LogP) is 2.27. The van der Waals surface area contributed by atoms with Crippen molar-refractivity contribution in [1.29, 1.82) is 0 Å². The zero-order valence-electron chi connectivity index (χ0n) is 15.8. The molecule has 156 valence electrons. The molecule has 3 aromatic rings. The lowest BCUT2D eigenvalue weighted by atomic mass is 10.1. The van der Waals surface area contributed by atoms with E-state index in [2.05, 4.69) is 15.3 Å². The summed E-state index contributed by atoms with van der Waals surface area (Å²) in [6.07, 6.45) is 0.961. The molecule has 0 aliphatic rings. The number of nitro benzene ring substituents is 1. The monoisotopic (exact) mass is 423 g/mol. The Hall–Kier alpha value is -4.61. The molecule has 12 nitrogen and oxygen atoms in total. The minimum atomic E-state index is -2.17. The Morgan fingerprint density at radius 1 is 1.03 bits per heavy atom. The summed E-state index contributed by atoms with van der Waals surface area (Å²) in [5, 5.41) is 24.7. The van der Waals surface area contributed by atoms with Crippen molar-refractivity contribution in [3.05, 3.63) is 80.1 Å². The fourth-order valence-corrected chi connectivity index (χ4v) is 2.73. The summed E-state index contributed by atoms with van der Waals surface area (Å²) in [6.45, 7) is 1.32. The number of aromatic nitrogens is 2. The van der Waals surface area contributed by atoms with Gasteiger partial charge in [-0.25, -0.2) is 4.98 Å². The second-order valence-electron chi connectivity index (χ2n) is 6.37. The molecule has 1 N–H and O–H groups in total. The maximum atomic E-state index is 12.5. The Kier molecular flexibility index (Phi) is 5.72. The summed E-state index contributed by atoms with van der Waals surface area (Å²) in [5.41, 5.74) is -0.205. The second-order valence-corrected chi connectivity index (χ2v) is 6.37. The molecule has 0 spiro atoms. The van der Waals surface area contributed by atoms with Crippen LogP contribution < -0.4 is 5.32 Å². The first-order valence-corrected chi connectivity index (χ1v) is 8.68. The number of benzene rings is 2. The molecule has 1 atom stereocenters. The number of carbonyl (C=O) groups excluding carboxylic acids is 3. The van der Waals surface area contributed by atoms with Crippen molar-refractivity contribution in [2.24, 2.45) is 0 Å². The summed E-state index contributed by atoms with van der Waals surface area (Å²) < 4.78 is 0. The number of nitrogens with zero attached hydrogens (tertiary/aromatic N) is 4. The van der Waals surface area contributed by atoms with Gasteiger partial charge < -0.3 is 5.32 Å². The Morgan fingerprint density at radius 3 is 2.42 bits per heavy atom. The molecule has 0 radical (unpaired) electrons. The summed E-state index contributed by atoms with van der Waals surface area (Å²) in [4.78, 5) is 65.0. The van der Waals surface area contributed by atoms with Gasteiger partial charge in [0.15, 0.2) is 5.78 Å². The number of fused-ring (bicyclic) bond motifs is 1. The van der Waals surface area contributed by atoms with Gasteiger partial charge in [-0.15, -0.1) is 0 Å². The minimum absolute atomic E-state index is 0.0408. The van der Waals surface area contributed by atoms with E-state index in [1.807, 2.05) is 0 Å². The molecular formula is C19H13N5O7. The molecule has 0 unspecified atom stereocenters. The van der Waals surface area contributed by atoms with Crippen LogP contribution in [0.15, 0.2) is 48.7 Å². The molecular weight excluding hydrogens is 410 g/mol. The summed E-state index contributed by atoms with van der Waals surface area (Å²) in [6, 6.07) is 7.09. The number of non-ortho nitro benzene ring substituents is 1. The third-order valence-electron chi connectivity index (χ3n) is 4.25. The van der Waals surface area contributed by atoms with E-state index in [1.165, 1.54) is 43.3 Å². The van der Waals surface area contributed by atoms with Crippen LogP contribution in [0.25, 0.3) is 11.0 Å². The van der Waals surface area contributed by atoms with Crippen LogP contribution in [0.1, 0.15) is 29.0 Å². The van der Waals surface area contributed by atoms with Crippen LogP contribution >= 0.6 is 0 Å². The fraction of sp³-hybridized carbons (Fsp3) is 0.105. The van der Waals surface area contributed by atoms with E-state index >= 15 is 0 Å². The third kappa shape index (κ3) is 4.53. The normalized spacial score (nSPS) is 11.5. The largest absolute Gasteiger partial charge is 0.322 e. The predicted molar refractivity (Wildman–Crippen MR) is 106 cm³/mol. The lowest BCUT2D eigenvalue weighted by molar-refractivity contribution is -0.513. The molecule has 0 saturated carbocycles. The highest BCUT2D eigenvalue weighted by Gasteiger charge is 2.38. The highest BCUT2D eigenvalue weighted by atomic mass is 16.6. The van der Waals surface area contributed by atoms with Crippen LogP contribution in [0.4, 0.5) is 11.4 Å². The lowest BCUT2D eigenvalue weighted by Gasteiger charge is -2.09. The molecule has 31 heavy (non-hydrogen) atoms. The van der Waals surface area contributed by atoms with Gasteiger partial charge >= 0.3 is 6.04 Å².